The van der Waals surface area contributed by atoms with Gasteiger partial charge in [0.15, 0.2) is 0 Å². The largest absolute Gasteiger partial charge is 0.441 e. The molecule has 1 unspecified atom stereocenters. The van der Waals surface area contributed by atoms with E-state index in [1.54, 1.807) is 0 Å². The number of hydrogen-bond donors (Lipinski definition) is 2. The van der Waals surface area contributed by atoms with Crippen molar-refractivity contribution in [2.75, 3.05) is 0 Å². The maximum atomic E-state index is 11.0. The number of rotatable bonds is 1. The number of ether oxygens (including phenoxy) is 1. The van der Waals surface area contributed by atoms with E-state index in [2.05, 4.69) is 25.6 Å². The van der Waals surface area contributed by atoms with Crippen molar-refractivity contribution in [2.24, 2.45) is 0 Å². The Bertz CT molecular complexity index is 206. The second-order valence-corrected chi connectivity index (χ2v) is 4.04. The first-order chi connectivity index (χ1) is 6.20. The first-order valence-corrected chi connectivity index (χ1v) is 5.05. The highest BCUT2D eigenvalue weighted by molar-refractivity contribution is 7.94. The first-order valence-electron chi connectivity index (χ1n) is 4.25. The summed E-state index contributed by atoms with van der Waals surface area (Å²) in [5.41, 5.74) is 0. The van der Waals surface area contributed by atoms with E-state index in [1.807, 2.05) is 12.2 Å². The van der Waals surface area contributed by atoms with Crippen molar-refractivity contribution in [1.29, 1.82) is 0 Å². The quantitative estimate of drug-likeness (QED) is 0.524. The Morgan fingerprint density at radius 2 is 2.23 bits per heavy atom. The van der Waals surface area contributed by atoms with Crippen LogP contribution in [0.3, 0.4) is 0 Å². The summed E-state index contributed by atoms with van der Waals surface area (Å²) in [6, 6.07) is 0. The van der Waals surface area contributed by atoms with Crippen LogP contribution in [0.5, 0.6) is 0 Å². The predicted octanol–water partition coefficient (Wildman–Crippen LogP) is 2.61. The summed E-state index contributed by atoms with van der Waals surface area (Å²) >= 11 is 7.44. The van der Waals surface area contributed by atoms with E-state index in [0.29, 0.717) is 0 Å². The van der Waals surface area contributed by atoms with Crippen LogP contribution in [-0.4, -0.2) is 15.9 Å². The van der Waals surface area contributed by atoms with Gasteiger partial charge in [-0.3, -0.25) is 0 Å². The van der Waals surface area contributed by atoms with Gasteiger partial charge in [-0.2, -0.15) is 3.71 Å². The molecule has 0 bridgehead atoms. The van der Waals surface area contributed by atoms with E-state index in [-0.39, 0.29) is 6.10 Å². The van der Waals surface area contributed by atoms with Gasteiger partial charge in [0.1, 0.15) is 6.10 Å². The van der Waals surface area contributed by atoms with E-state index >= 15 is 0 Å². The Morgan fingerprint density at radius 3 is 2.92 bits per heavy atom. The molecule has 0 saturated carbocycles. The molecule has 0 saturated heterocycles. The zero-order valence-corrected chi connectivity index (χ0v) is 9.01. The first kappa shape index (κ1) is 10.8. The van der Waals surface area contributed by atoms with Crippen LogP contribution < -0.4 is 0 Å². The highest BCUT2D eigenvalue weighted by atomic mass is 32.2. The Kier molecular flexibility index (Phi) is 4.52. The molecule has 74 valence electrons. The smallest absolute Gasteiger partial charge is 0.430 e. The topological polar surface area (TPSA) is 29.5 Å². The fourth-order valence-electron chi connectivity index (χ4n) is 1.23. The van der Waals surface area contributed by atoms with Crippen molar-refractivity contribution < 1.29 is 9.53 Å². The summed E-state index contributed by atoms with van der Waals surface area (Å²) in [5, 5.41) is 0. The van der Waals surface area contributed by atoms with Crippen molar-refractivity contribution in [3.05, 3.63) is 12.2 Å². The number of allylic oxidation sites excluding steroid dienone is 1. The van der Waals surface area contributed by atoms with Gasteiger partial charge in [-0.15, -0.1) is 0 Å². The Balaban J connectivity index is 2.38. The average molecular weight is 219 g/mol. The molecule has 0 radical (unpaired) electrons. The minimum absolute atomic E-state index is 0.114. The van der Waals surface area contributed by atoms with Gasteiger partial charge in [-0.05, 0) is 57.4 Å². The third-order valence-electron chi connectivity index (χ3n) is 1.88. The molecule has 1 atom stereocenters. The number of nitrogens with zero attached hydrogens (tertiary/aromatic N) is 1. The van der Waals surface area contributed by atoms with E-state index in [9.17, 15) is 4.79 Å². The third-order valence-corrected chi connectivity index (χ3v) is 2.20. The number of thiol groups is 2. The van der Waals surface area contributed by atoms with Crippen molar-refractivity contribution >= 4 is 31.7 Å². The summed E-state index contributed by atoms with van der Waals surface area (Å²) < 4.78 is 5.93. The predicted molar refractivity (Wildman–Crippen MR) is 57.7 cm³/mol. The van der Waals surface area contributed by atoms with Gasteiger partial charge in [0.25, 0.3) is 0 Å². The van der Waals surface area contributed by atoms with Gasteiger partial charge >= 0.3 is 6.09 Å². The molecule has 0 N–H and O–H groups in total. The van der Waals surface area contributed by atoms with Crippen molar-refractivity contribution in [2.45, 2.75) is 31.8 Å². The molecule has 0 aromatic heterocycles. The number of carbonyl (C=O) groups is 1. The van der Waals surface area contributed by atoms with E-state index < -0.39 is 6.09 Å². The lowest BCUT2D eigenvalue weighted by Crippen LogP contribution is -2.20. The monoisotopic (exact) mass is 219 g/mol. The highest BCUT2D eigenvalue weighted by Gasteiger charge is 2.14. The summed E-state index contributed by atoms with van der Waals surface area (Å²) in [7, 11) is 0. The van der Waals surface area contributed by atoms with Crippen LogP contribution in [0.4, 0.5) is 4.79 Å². The van der Waals surface area contributed by atoms with E-state index in [1.165, 1.54) is 0 Å². The summed E-state index contributed by atoms with van der Waals surface area (Å²) in [4.78, 5) is 11.0. The summed E-state index contributed by atoms with van der Waals surface area (Å²) in [6.45, 7) is 0. The van der Waals surface area contributed by atoms with Gasteiger partial charge in [0.2, 0.25) is 0 Å². The Labute approximate surface area is 89.2 Å². The lowest BCUT2D eigenvalue weighted by atomic mass is 10.2. The van der Waals surface area contributed by atoms with E-state index in [0.717, 1.165) is 29.4 Å². The molecular weight excluding hydrogens is 206 g/mol. The third kappa shape index (κ3) is 3.95. The lowest BCUT2D eigenvalue weighted by Gasteiger charge is -2.14. The van der Waals surface area contributed by atoms with Crippen LogP contribution in [0, 0.1) is 0 Å². The SMILES string of the molecule is O=C(OC1C=CCCCC1)N(S)S. The molecule has 1 aliphatic rings. The molecule has 1 amide bonds. The van der Waals surface area contributed by atoms with Gasteiger partial charge < -0.3 is 4.74 Å². The fraction of sp³-hybridized carbons (Fsp3) is 0.625. The molecule has 0 aromatic rings. The zero-order valence-electron chi connectivity index (χ0n) is 7.22. The van der Waals surface area contributed by atoms with E-state index in [4.69, 9.17) is 4.74 Å². The molecule has 0 aromatic carbocycles. The molecule has 5 heteroatoms. The molecule has 3 nitrogen and oxygen atoms in total. The van der Waals surface area contributed by atoms with Crippen LogP contribution >= 0.6 is 25.6 Å². The second-order valence-electron chi connectivity index (χ2n) is 2.92. The second kappa shape index (κ2) is 5.44. The molecular formula is C8H13NO2S2. The van der Waals surface area contributed by atoms with Crippen LogP contribution in [0.25, 0.3) is 0 Å². The molecule has 0 fully saturated rings. The molecule has 1 rings (SSSR count). The highest BCUT2D eigenvalue weighted by Crippen LogP contribution is 2.15. The standard InChI is InChI=1S/C8H13NO2S2/c10-8(9(12)13)11-7-5-3-1-2-4-6-7/h3,5,7,12-13H,1-2,4,6H2. The minimum atomic E-state index is -0.525. The average Bonchev–Trinajstić information content (AvgIpc) is 2.32. The normalized spacial score (nSPS) is 22.2. The maximum Gasteiger partial charge on any atom is 0.430 e. The molecule has 13 heavy (non-hydrogen) atoms. The Morgan fingerprint density at radius 1 is 1.46 bits per heavy atom. The summed E-state index contributed by atoms with van der Waals surface area (Å²) in [6.07, 6.45) is 7.54. The van der Waals surface area contributed by atoms with Gasteiger partial charge in [0, 0.05) is 0 Å². The molecule has 0 aliphatic heterocycles. The molecule has 0 heterocycles. The van der Waals surface area contributed by atoms with Crippen molar-refractivity contribution in [3.8, 4) is 0 Å². The molecule has 1 aliphatic carbocycles. The van der Waals surface area contributed by atoms with Gasteiger partial charge in [-0.25, -0.2) is 4.79 Å². The Hall–Kier alpha value is -0.290. The van der Waals surface area contributed by atoms with Crippen molar-refractivity contribution in [1.82, 2.24) is 3.71 Å². The molecule has 0 spiro atoms. The minimum Gasteiger partial charge on any atom is -0.441 e. The van der Waals surface area contributed by atoms with Crippen LogP contribution in [0.1, 0.15) is 25.7 Å². The number of carbonyl (C=O) groups excluding carboxylic acids is 1. The van der Waals surface area contributed by atoms with Gasteiger partial charge in [0.05, 0.1) is 0 Å². The fourth-order valence-corrected chi connectivity index (χ4v) is 1.32. The van der Waals surface area contributed by atoms with Crippen LogP contribution in [0.15, 0.2) is 12.2 Å². The summed E-state index contributed by atoms with van der Waals surface area (Å²) in [5.74, 6) is 0. The van der Waals surface area contributed by atoms with Gasteiger partial charge in [-0.1, -0.05) is 6.08 Å². The number of hydrogen-bond acceptors (Lipinski definition) is 4. The van der Waals surface area contributed by atoms with Crippen LogP contribution in [-0.2, 0) is 4.74 Å². The zero-order chi connectivity index (χ0) is 9.68. The number of amides is 1. The van der Waals surface area contributed by atoms with Crippen LogP contribution in [0.2, 0.25) is 0 Å². The van der Waals surface area contributed by atoms with Crippen molar-refractivity contribution in [3.63, 3.8) is 0 Å². The lowest BCUT2D eigenvalue weighted by molar-refractivity contribution is 0.112. The maximum absolute atomic E-state index is 11.0.